The van der Waals surface area contributed by atoms with Gasteiger partial charge in [-0.2, -0.15) is 18.2 Å². The summed E-state index contributed by atoms with van der Waals surface area (Å²) in [4.78, 5) is 8.05. The van der Waals surface area contributed by atoms with Crippen LogP contribution in [0.25, 0.3) is 0 Å². The van der Waals surface area contributed by atoms with Crippen molar-refractivity contribution in [3.63, 3.8) is 0 Å². The molecule has 174 valence electrons. The van der Waals surface area contributed by atoms with E-state index in [1.165, 1.54) is 0 Å². The molecule has 0 spiro atoms. The van der Waals surface area contributed by atoms with Crippen LogP contribution < -0.4 is 16.0 Å². The van der Waals surface area contributed by atoms with Crippen molar-refractivity contribution < 1.29 is 13.2 Å². The molecule has 0 radical (unpaired) electrons. The molecular weight excluding hydrogens is 427 g/mol. The van der Waals surface area contributed by atoms with Crippen LogP contribution in [0.3, 0.4) is 0 Å². The summed E-state index contributed by atoms with van der Waals surface area (Å²) < 4.78 is 40.7. The molecule has 0 fully saturated rings. The Morgan fingerprint density at radius 1 is 1.09 bits per heavy atom. The van der Waals surface area contributed by atoms with Gasteiger partial charge in [-0.25, -0.2) is 4.98 Å². The first-order valence-electron chi connectivity index (χ1n) is 10.8. The second kappa shape index (κ2) is 10.8. The molecule has 3 N–H and O–H groups in total. The number of hydrogen-bond donors (Lipinski definition) is 3. The van der Waals surface area contributed by atoms with Gasteiger partial charge in [-0.05, 0) is 54.2 Å². The monoisotopic (exact) mass is 455 g/mol. The van der Waals surface area contributed by atoms with E-state index in [1.54, 1.807) is 0 Å². The van der Waals surface area contributed by atoms with Crippen LogP contribution >= 0.6 is 0 Å². The minimum absolute atomic E-state index is 0.0830. The summed E-state index contributed by atoms with van der Waals surface area (Å²) >= 11 is 0. The van der Waals surface area contributed by atoms with Gasteiger partial charge in [-0.1, -0.05) is 37.3 Å². The van der Waals surface area contributed by atoms with Gasteiger partial charge >= 0.3 is 6.18 Å². The van der Waals surface area contributed by atoms with Crippen LogP contribution in [0.1, 0.15) is 35.6 Å². The molecule has 2 aromatic carbocycles. The van der Waals surface area contributed by atoms with Crippen molar-refractivity contribution in [2.24, 2.45) is 0 Å². The van der Waals surface area contributed by atoms with E-state index in [0.29, 0.717) is 5.69 Å². The zero-order chi connectivity index (χ0) is 23.8. The smallest absolute Gasteiger partial charge is 0.388 e. The summed E-state index contributed by atoms with van der Waals surface area (Å²) in [5, 5.41) is 9.00. The number of nitrogens with zero attached hydrogens (tertiary/aromatic N) is 2. The minimum Gasteiger partial charge on any atom is -0.388 e. The molecule has 0 bridgehead atoms. The summed E-state index contributed by atoms with van der Waals surface area (Å²) in [6, 6.07) is 13.4. The molecule has 0 aliphatic rings. The molecule has 8 heteroatoms. The van der Waals surface area contributed by atoms with E-state index in [-0.39, 0.29) is 18.3 Å². The lowest BCUT2D eigenvalue weighted by Gasteiger charge is -2.16. The number of aromatic nitrogens is 2. The van der Waals surface area contributed by atoms with Crippen LogP contribution in [0.2, 0.25) is 0 Å². The van der Waals surface area contributed by atoms with Crippen molar-refractivity contribution in [3.05, 3.63) is 83.6 Å². The number of alkyl halides is 3. The van der Waals surface area contributed by atoms with E-state index in [2.05, 4.69) is 32.5 Å². The predicted molar refractivity (Wildman–Crippen MR) is 128 cm³/mol. The molecule has 0 atom stereocenters. The molecule has 0 aliphatic heterocycles. The largest absolute Gasteiger partial charge is 0.421 e. The van der Waals surface area contributed by atoms with Crippen molar-refractivity contribution in [2.75, 3.05) is 23.0 Å². The number of nitrogens with one attached hydrogen (secondary N) is 3. The van der Waals surface area contributed by atoms with E-state index < -0.39 is 11.7 Å². The van der Waals surface area contributed by atoms with Crippen LogP contribution in [0, 0.1) is 0 Å². The third-order valence-corrected chi connectivity index (χ3v) is 5.20. The Kier molecular flexibility index (Phi) is 7.92. The fraction of sp³-hybridized carbons (Fsp3) is 0.280. The van der Waals surface area contributed by atoms with Gasteiger partial charge in [0.25, 0.3) is 0 Å². The zero-order valence-corrected chi connectivity index (χ0v) is 18.8. The SMILES string of the molecule is C=CCCc1cc(Nc2ncc(C(F)(F)F)c(NCc3cccc(CC)c3)n2)ccc1NC. The Bertz CT molecular complexity index is 1100. The first-order valence-corrected chi connectivity index (χ1v) is 10.8. The highest BCUT2D eigenvalue weighted by molar-refractivity contribution is 5.63. The van der Waals surface area contributed by atoms with Gasteiger partial charge < -0.3 is 16.0 Å². The second-order valence-corrected chi connectivity index (χ2v) is 7.55. The molecular formula is C25H28F3N5. The Balaban J connectivity index is 1.85. The van der Waals surface area contributed by atoms with Crippen molar-refractivity contribution in [1.82, 2.24) is 9.97 Å². The highest BCUT2D eigenvalue weighted by Gasteiger charge is 2.35. The van der Waals surface area contributed by atoms with Crippen LogP contribution in [0.5, 0.6) is 0 Å². The van der Waals surface area contributed by atoms with E-state index in [9.17, 15) is 13.2 Å². The van der Waals surface area contributed by atoms with Crippen LogP contribution in [0.15, 0.2) is 61.3 Å². The maximum absolute atomic E-state index is 13.6. The molecule has 5 nitrogen and oxygen atoms in total. The lowest BCUT2D eigenvalue weighted by molar-refractivity contribution is -0.137. The molecule has 33 heavy (non-hydrogen) atoms. The van der Waals surface area contributed by atoms with Gasteiger partial charge in [-0.15, -0.1) is 6.58 Å². The fourth-order valence-electron chi connectivity index (χ4n) is 3.44. The number of benzene rings is 2. The van der Waals surface area contributed by atoms with Gasteiger partial charge in [-0.3, -0.25) is 0 Å². The highest BCUT2D eigenvalue weighted by Crippen LogP contribution is 2.34. The van der Waals surface area contributed by atoms with Gasteiger partial charge in [0, 0.05) is 31.2 Å². The van der Waals surface area contributed by atoms with Gasteiger partial charge in [0.05, 0.1) is 0 Å². The summed E-state index contributed by atoms with van der Waals surface area (Å²) in [5.74, 6) is -0.180. The third-order valence-electron chi connectivity index (χ3n) is 5.20. The molecule has 3 rings (SSSR count). The first-order chi connectivity index (χ1) is 15.8. The van der Waals surface area contributed by atoms with Crippen molar-refractivity contribution in [2.45, 2.75) is 38.9 Å². The number of hydrogen-bond acceptors (Lipinski definition) is 5. The average Bonchev–Trinajstić information content (AvgIpc) is 2.81. The zero-order valence-electron chi connectivity index (χ0n) is 18.8. The topological polar surface area (TPSA) is 61.9 Å². The number of aryl methyl sites for hydroxylation is 2. The molecule has 0 unspecified atom stereocenters. The molecule has 0 aliphatic carbocycles. The van der Waals surface area contributed by atoms with Gasteiger partial charge in [0.1, 0.15) is 11.4 Å². The number of anilines is 4. The standard InChI is InChI=1S/C25H28F3N5/c1-4-6-10-19-14-20(11-12-22(19)29-3)32-24-31-16-21(25(26,27)28)23(33-24)30-15-18-9-7-8-17(5-2)13-18/h4,7-9,11-14,16,29H,1,5-6,10,15H2,2-3H3,(H2,30,31,32,33). The van der Waals surface area contributed by atoms with Crippen LogP contribution in [-0.2, 0) is 25.6 Å². The van der Waals surface area contributed by atoms with Gasteiger partial charge in [0.2, 0.25) is 5.95 Å². The summed E-state index contributed by atoms with van der Waals surface area (Å²) in [6.45, 7) is 6.00. The van der Waals surface area contributed by atoms with Crippen molar-refractivity contribution >= 4 is 23.1 Å². The number of halogens is 3. The second-order valence-electron chi connectivity index (χ2n) is 7.55. The lowest BCUT2D eigenvalue weighted by Crippen LogP contribution is -2.14. The molecule has 0 amide bonds. The maximum Gasteiger partial charge on any atom is 0.421 e. The highest BCUT2D eigenvalue weighted by atomic mass is 19.4. The molecule has 3 aromatic rings. The van der Waals surface area contributed by atoms with E-state index >= 15 is 0 Å². The third kappa shape index (κ3) is 6.47. The Hall–Kier alpha value is -3.55. The normalized spacial score (nSPS) is 11.2. The summed E-state index contributed by atoms with van der Waals surface area (Å²) in [5.41, 5.74) is 3.82. The quantitative estimate of drug-likeness (QED) is 0.302. The first kappa shape index (κ1) is 24.1. The van der Waals surface area contributed by atoms with Crippen molar-refractivity contribution in [1.29, 1.82) is 0 Å². The lowest BCUT2D eigenvalue weighted by atomic mass is 10.1. The Morgan fingerprint density at radius 2 is 1.88 bits per heavy atom. The van der Waals surface area contributed by atoms with Crippen LogP contribution in [0.4, 0.5) is 36.3 Å². The fourth-order valence-corrected chi connectivity index (χ4v) is 3.44. The van der Waals surface area contributed by atoms with E-state index in [4.69, 9.17) is 0 Å². The maximum atomic E-state index is 13.6. The number of rotatable bonds is 10. The average molecular weight is 456 g/mol. The minimum atomic E-state index is -4.57. The van der Waals surface area contributed by atoms with E-state index in [0.717, 1.165) is 47.8 Å². The summed E-state index contributed by atoms with van der Waals surface area (Å²) in [7, 11) is 1.84. The molecule has 1 heterocycles. The molecule has 0 saturated carbocycles. The molecule has 0 saturated heterocycles. The predicted octanol–water partition coefficient (Wildman–Crippen LogP) is 6.57. The van der Waals surface area contributed by atoms with Crippen molar-refractivity contribution in [3.8, 4) is 0 Å². The Labute approximate surface area is 192 Å². The summed E-state index contributed by atoms with van der Waals surface area (Å²) in [6.07, 6.45) is 0.519. The Morgan fingerprint density at radius 3 is 2.58 bits per heavy atom. The van der Waals surface area contributed by atoms with Crippen LogP contribution in [-0.4, -0.2) is 17.0 Å². The molecule has 1 aromatic heterocycles. The number of allylic oxidation sites excluding steroid dienone is 1. The van der Waals surface area contributed by atoms with Gasteiger partial charge in [0.15, 0.2) is 0 Å². The van der Waals surface area contributed by atoms with E-state index in [1.807, 2.05) is 62.5 Å².